The van der Waals surface area contributed by atoms with E-state index in [9.17, 15) is 0 Å². The molecule has 0 aliphatic carbocycles. The van der Waals surface area contributed by atoms with Gasteiger partial charge in [0.2, 0.25) is 0 Å². The molecule has 0 saturated heterocycles. The molecule has 5 heavy (non-hydrogen) atoms. The molecule has 0 aromatic carbocycles. The summed E-state index contributed by atoms with van der Waals surface area (Å²) in [5.41, 5.74) is 0. The van der Waals surface area contributed by atoms with Gasteiger partial charge < -0.3 is 0 Å². The Bertz CT molecular complexity index is 55.3. The fraction of sp³-hybridized carbons (Fsp3) is 0. The van der Waals surface area contributed by atoms with Gasteiger partial charge >= 0.3 is 60.6 Å². The van der Waals surface area contributed by atoms with E-state index in [-0.39, 0.29) is 29.6 Å². The van der Waals surface area contributed by atoms with Crippen LogP contribution in [0, 0.1) is 0 Å². The van der Waals surface area contributed by atoms with Crippen molar-refractivity contribution >= 4 is 22.2 Å². The number of hydrogen-bond donors (Lipinski definition) is 0. The van der Waals surface area contributed by atoms with Crippen LogP contribution in [0.15, 0.2) is 0 Å². The SMILES string of the molecule is [Na+].[O]=[Bi](=[O])[O-]. The first-order valence-corrected chi connectivity index (χ1v) is 4.81. The number of hydrogen-bond acceptors (Lipinski definition) is 3. The Morgan fingerprint density at radius 3 is 1.40 bits per heavy atom. The van der Waals surface area contributed by atoms with Crippen LogP contribution in [-0.2, 0) is 5.63 Å². The molecule has 5 heteroatoms. The third kappa shape index (κ3) is 31.0. The Morgan fingerprint density at radius 1 is 1.40 bits per heavy atom. The van der Waals surface area contributed by atoms with Crippen LogP contribution >= 0.6 is 0 Å². The predicted molar refractivity (Wildman–Crippen MR) is 7.13 cm³/mol. The van der Waals surface area contributed by atoms with E-state index in [1.807, 2.05) is 0 Å². The molecule has 3 nitrogen and oxygen atoms in total. The van der Waals surface area contributed by atoms with Crippen molar-refractivity contribution in [2.45, 2.75) is 0 Å². The summed E-state index contributed by atoms with van der Waals surface area (Å²) in [5, 5.41) is 0. The second kappa shape index (κ2) is 5.44. The minimum atomic E-state index is -4.34. The van der Waals surface area contributed by atoms with Crippen molar-refractivity contribution in [3.8, 4) is 0 Å². The van der Waals surface area contributed by atoms with Crippen LogP contribution in [0.2, 0.25) is 0 Å². The molecular weight excluding hydrogens is 280 g/mol. The van der Waals surface area contributed by atoms with E-state index in [0.717, 1.165) is 0 Å². The van der Waals surface area contributed by atoms with Crippen LogP contribution in [0.4, 0.5) is 0 Å². The molecule has 0 radical (unpaired) electrons. The van der Waals surface area contributed by atoms with Gasteiger partial charge in [0, 0.05) is 0 Å². The molecule has 0 aromatic heterocycles. The zero-order valence-electron chi connectivity index (χ0n) is 2.67. The molecule has 0 bridgehead atoms. The third-order valence-electron chi connectivity index (χ3n) is 0. The zero-order valence-corrected chi connectivity index (χ0v) is 8.15. The summed E-state index contributed by atoms with van der Waals surface area (Å²) in [5.74, 6) is 0. The van der Waals surface area contributed by atoms with E-state index in [1.165, 1.54) is 0 Å². The van der Waals surface area contributed by atoms with Crippen molar-refractivity contribution in [2.75, 3.05) is 0 Å². The summed E-state index contributed by atoms with van der Waals surface area (Å²) in [6, 6.07) is 0. The van der Waals surface area contributed by atoms with Gasteiger partial charge in [0.25, 0.3) is 0 Å². The van der Waals surface area contributed by atoms with Crippen molar-refractivity contribution < 1.29 is 38.4 Å². The van der Waals surface area contributed by atoms with E-state index in [2.05, 4.69) is 0 Å². The first-order valence-electron chi connectivity index (χ1n) is 0.548. The normalized spacial score (nSPS) is 5.00. The maximum atomic E-state index is 8.62. The molecule has 0 heterocycles. The molecule has 0 N–H and O–H groups in total. The Kier molecular flexibility index (Phi) is 10.5. The summed E-state index contributed by atoms with van der Waals surface area (Å²) in [6.07, 6.45) is 0. The van der Waals surface area contributed by atoms with Gasteiger partial charge in [-0.3, -0.25) is 0 Å². The van der Waals surface area contributed by atoms with Crippen molar-refractivity contribution in [2.24, 2.45) is 0 Å². The molecule has 0 spiro atoms. The van der Waals surface area contributed by atoms with E-state index in [1.54, 1.807) is 0 Å². The fourth-order valence-corrected chi connectivity index (χ4v) is 0. The Hall–Kier alpha value is 1.44. The number of rotatable bonds is 0. The van der Waals surface area contributed by atoms with Crippen LogP contribution < -0.4 is 32.7 Å². The van der Waals surface area contributed by atoms with Crippen LogP contribution in [0.5, 0.6) is 0 Å². The minimum absolute atomic E-state index is 0. The zero-order chi connectivity index (χ0) is 3.58. The first-order chi connectivity index (χ1) is 1.73. The van der Waals surface area contributed by atoms with Gasteiger partial charge in [0.1, 0.15) is 0 Å². The quantitative estimate of drug-likeness (QED) is 0.418. The summed E-state index contributed by atoms with van der Waals surface area (Å²) in [7, 11) is 0. The average molecular weight is 280 g/mol. The van der Waals surface area contributed by atoms with Crippen molar-refractivity contribution in [3.05, 3.63) is 0 Å². The van der Waals surface area contributed by atoms with E-state index in [4.69, 9.17) is 8.81 Å². The van der Waals surface area contributed by atoms with Crippen LogP contribution in [-0.4, -0.2) is 22.2 Å². The summed E-state index contributed by atoms with van der Waals surface area (Å²) < 4.78 is 25.9. The van der Waals surface area contributed by atoms with Gasteiger partial charge in [-0.15, -0.1) is 0 Å². The van der Waals surface area contributed by atoms with Gasteiger partial charge in [0.15, 0.2) is 0 Å². The average Bonchev–Trinajstić information content (AvgIpc) is 0.811. The molecule has 0 fully saturated rings. The molecule has 24 valence electrons. The molecule has 0 amide bonds. The van der Waals surface area contributed by atoms with Gasteiger partial charge in [-0.2, -0.15) is 0 Å². The molecule has 0 aliphatic heterocycles. The van der Waals surface area contributed by atoms with Crippen molar-refractivity contribution in [3.63, 3.8) is 0 Å². The topological polar surface area (TPSA) is 57.2 Å². The van der Waals surface area contributed by atoms with Crippen molar-refractivity contribution in [1.82, 2.24) is 0 Å². The standard InChI is InChI=1S/Bi.Na.3O/q;+1;;;-1. The van der Waals surface area contributed by atoms with E-state index < -0.39 is 22.2 Å². The fourth-order valence-electron chi connectivity index (χ4n) is 0. The first kappa shape index (κ1) is 9.67. The maximum absolute atomic E-state index is 8.62. The Morgan fingerprint density at radius 2 is 1.40 bits per heavy atom. The van der Waals surface area contributed by atoms with Gasteiger partial charge in [-0.1, -0.05) is 0 Å². The van der Waals surface area contributed by atoms with Gasteiger partial charge in [-0.05, 0) is 0 Å². The molecule has 0 aromatic rings. The van der Waals surface area contributed by atoms with Crippen LogP contribution in [0.1, 0.15) is 0 Å². The summed E-state index contributed by atoms with van der Waals surface area (Å²) in [4.78, 5) is 0. The monoisotopic (exact) mass is 280 g/mol. The van der Waals surface area contributed by atoms with Crippen molar-refractivity contribution in [1.29, 1.82) is 0 Å². The summed E-state index contributed by atoms with van der Waals surface area (Å²) in [6.45, 7) is 0. The van der Waals surface area contributed by atoms with Crippen LogP contribution in [0.25, 0.3) is 0 Å². The second-order valence-corrected chi connectivity index (χ2v) is 1.96. The Balaban J connectivity index is 0. The molecule has 0 saturated carbocycles. The molecule has 0 atom stereocenters. The second-order valence-electron chi connectivity index (χ2n) is 0.224. The van der Waals surface area contributed by atoms with E-state index in [0.29, 0.717) is 0 Å². The Labute approximate surface area is 59.8 Å². The third-order valence-corrected chi connectivity index (χ3v) is 0. The van der Waals surface area contributed by atoms with Gasteiger partial charge in [0.05, 0.1) is 0 Å². The predicted octanol–water partition coefficient (Wildman–Crippen LogP) is -4.80. The van der Waals surface area contributed by atoms with Gasteiger partial charge in [-0.25, -0.2) is 0 Å². The molecule has 0 rings (SSSR count). The summed E-state index contributed by atoms with van der Waals surface area (Å²) >= 11 is -4.34. The van der Waals surface area contributed by atoms with Crippen LogP contribution in [0.3, 0.4) is 0 Å². The molecule has 0 unspecified atom stereocenters. The molecular formula is BiNaO3. The van der Waals surface area contributed by atoms with E-state index >= 15 is 0 Å². The molecule has 0 aliphatic rings.